The fourth-order valence-electron chi connectivity index (χ4n) is 4.54. The van der Waals surface area contributed by atoms with Crippen LogP contribution in [0.3, 0.4) is 0 Å². The Hall–Kier alpha value is -2.77. The number of rotatable bonds is 6. The van der Waals surface area contributed by atoms with Gasteiger partial charge in [-0.3, -0.25) is 4.79 Å². The van der Waals surface area contributed by atoms with Gasteiger partial charge in [-0.2, -0.15) is 0 Å². The van der Waals surface area contributed by atoms with Crippen molar-refractivity contribution in [2.75, 3.05) is 14.2 Å². The molecule has 2 aliphatic rings. The number of dihydropyridines is 1. The van der Waals surface area contributed by atoms with Crippen LogP contribution in [-0.4, -0.2) is 26.0 Å². The van der Waals surface area contributed by atoms with Crippen LogP contribution in [0, 0.1) is 0 Å². The molecule has 2 aromatic rings. The van der Waals surface area contributed by atoms with Crippen molar-refractivity contribution in [2.45, 2.75) is 38.7 Å². The molecule has 34 heavy (non-hydrogen) atoms. The Balaban J connectivity index is 1.76. The minimum absolute atomic E-state index is 0.0444. The van der Waals surface area contributed by atoms with E-state index in [1.807, 2.05) is 31.2 Å². The van der Waals surface area contributed by atoms with Gasteiger partial charge in [-0.25, -0.2) is 4.79 Å². The maximum absolute atomic E-state index is 13.0. The maximum Gasteiger partial charge on any atom is 0.336 e. The molecule has 6 nitrogen and oxygen atoms in total. The van der Waals surface area contributed by atoms with E-state index in [2.05, 4.69) is 21.2 Å². The highest BCUT2D eigenvalue weighted by molar-refractivity contribution is 9.10. The zero-order valence-electron chi connectivity index (χ0n) is 19.2. The first-order chi connectivity index (χ1) is 16.3. The smallest absolute Gasteiger partial charge is 0.336 e. The first kappa shape index (κ1) is 24.4. The highest BCUT2D eigenvalue weighted by Gasteiger charge is 2.39. The lowest BCUT2D eigenvalue weighted by molar-refractivity contribution is -0.136. The molecular formula is C26H25BrClNO5. The van der Waals surface area contributed by atoms with E-state index in [1.54, 1.807) is 19.2 Å². The van der Waals surface area contributed by atoms with Gasteiger partial charge in [0.15, 0.2) is 5.78 Å². The van der Waals surface area contributed by atoms with Crippen LogP contribution in [0.2, 0.25) is 5.02 Å². The van der Waals surface area contributed by atoms with E-state index in [4.69, 9.17) is 25.8 Å². The molecule has 0 fully saturated rings. The molecular weight excluding hydrogens is 522 g/mol. The largest absolute Gasteiger partial charge is 0.496 e. The lowest BCUT2D eigenvalue weighted by Crippen LogP contribution is -2.34. The highest BCUT2D eigenvalue weighted by atomic mass is 79.9. The molecule has 0 spiro atoms. The summed E-state index contributed by atoms with van der Waals surface area (Å²) in [6, 6.07) is 11.0. The zero-order chi connectivity index (χ0) is 24.4. The molecule has 1 aliphatic heterocycles. The number of carbonyl (C=O) groups is 2. The van der Waals surface area contributed by atoms with Crippen LogP contribution in [0.4, 0.5) is 0 Å². The van der Waals surface area contributed by atoms with Gasteiger partial charge in [-0.1, -0.05) is 33.6 Å². The Morgan fingerprint density at radius 1 is 1.15 bits per heavy atom. The van der Waals surface area contributed by atoms with Crippen LogP contribution in [0.15, 0.2) is 63.4 Å². The molecule has 1 N–H and O–H groups in total. The van der Waals surface area contributed by atoms with Crippen molar-refractivity contribution in [1.82, 2.24) is 5.32 Å². The van der Waals surface area contributed by atoms with Crippen LogP contribution in [0.1, 0.15) is 43.2 Å². The second-order valence-corrected chi connectivity index (χ2v) is 9.51. The van der Waals surface area contributed by atoms with E-state index in [0.717, 1.165) is 34.1 Å². The number of benzene rings is 2. The minimum Gasteiger partial charge on any atom is -0.496 e. The van der Waals surface area contributed by atoms with Gasteiger partial charge < -0.3 is 19.5 Å². The van der Waals surface area contributed by atoms with Crippen molar-refractivity contribution in [3.8, 4) is 11.5 Å². The summed E-state index contributed by atoms with van der Waals surface area (Å²) in [4.78, 5) is 25.8. The van der Waals surface area contributed by atoms with Gasteiger partial charge >= 0.3 is 5.97 Å². The van der Waals surface area contributed by atoms with Crippen molar-refractivity contribution < 1.29 is 23.8 Å². The van der Waals surface area contributed by atoms with Gasteiger partial charge in [-0.05, 0) is 55.7 Å². The second-order valence-electron chi connectivity index (χ2n) is 8.19. The molecule has 0 radical (unpaired) electrons. The van der Waals surface area contributed by atoms with Crippen LogP contribution >= 0.6 is 27.5 Å². The maximum atomic E-state index is 13.0. The number of nitrogens with one attached hydrogen (secondary N) is 1. The molecule has 4 rings (SSSR count). The zero-order valence-corrected chi connectivity index (χ0v) is 21.5. The van der Waals surface area contributed by atoms with Crippen molar-refractivity contribution in [3.05, 3.63) is 79.6 Å². The molecule has 0 unspecified atom stereocenters. The van der Waals surface area contributed by atoms with Gasteiger partial charge in [0.1, 0.15) is 18.1 Å². The molecule has 8 heteroatoms. The standard InChI is InChI=1S/C26H25BrClNO5/c1-14-23(26(31)33-3)24(25-19(29-14)5-4-6-20(25)30)15-7-9-21(32-2)16(11-15)13-34-22-10-8-17(27)12-18(22)28/h7-12,24,29H,4-6,13H2,1-3H3/t24-/m0/s1. The Kier molecular flexibility index (Phi) is 7.33. The topological polar surface area (TPSA) is 73.9 Å². The first-order valence-electron chi connectivity index (χ1n) is 10.9. The average Bonchev–Trinajstić information content (AvgIpc) is 2.82. The first-order valence-corrected chi connectivity index (χ1v) is 12.1. The second kappa shape index (κ2) is 10.2. The summed E-state index contributed by atoms with van der Waals surface area (Å²) in [6.07, 6.45) is 2.00. The van der Waals surface area contributed by atoms with E-state index < -0.39 is 11.9 Å². The Bertz CT molecular complexity index is 1220. The summed E-state index contributed by atoms with van der Waals surface area (Å²) < 4.78 is 17.5. The fraction of sp³-hybridized carbons (Fsp3) is 0.308. The molecule has 0 bridgehead atoms. The van der Waals surface area contributed by atoms with Crippen LogP contribution in [0.25, 0.3) is 0 Å². The van der Waals surface area contributed by atoms with E-state index in [1.165, 1.54) is 7.11 Å². The lowest BCUT2D eigenvalue weighted by Gasteiger charge is -2.34. The molecule has 0 aromatic heterocycles. The molecule has 1 aliphatic carbocycles. The third-order valence-electron chi connectivity index (χ3n) is 6.10. The van der Waals surface area contributed by atoms with Gasteiger partial charge in [0.05, 0.1) is 24.8 Å². The van der Waals surface area contributed by atoms with Crippen molar-refractivity contribution in [1.29, 1.82) is 0 Å². The number of halogens is 2. The number of ether oxygens (including phenoxy) is 3. The van der Waals surface area contributed by atoms with E-state index in [9.17, 15) is 9.59 Å². The number of esters is 1. The van der Waals surface area contributed by atoms with Crippen LogP contribution < -0.4 is 14.8 Å². The molecule has 178 valence electrons. The summed E-state index contributed by atoms with van der Waals surface area (Å²) in [5, 5.41) is 3.76. The number of hydrogen-bond acceptors (Lipinski definition) is 6. The van der Waals surface area contributed by atoms with Gasteiger partial charge in [0.25, 0.3) is 0 Å². The number of Topliss-reactive ketones (excluding diaryl/α,β-unsaturated/α-hetero) is 1. The van der Waals surface area contributed by atoms with Gasteiger partial charge in [-0.15, -0.1) is 0 Å². The Morgan fingerprint density at radius 2 is 1.91 bits per heavy atom. The molecule has 0 saturated heterocycles. The Morgan fingerprint density at radius 3 is 2.62 bits per heavy atom. The van der Waals surface area contributed by atoms with E-state index in [-0.39, 0.29) is 12.4 Å². The monoisotopic (exact) mass is 545 g/mol. The summed E-state index contributed by atoms with van der Waals surface area (Å²) in [7, 11) is 2.94. The van der Waals surface area contributed by atoms with Crippen molar-refractivity contribution in [2.24, 2.45) is 0 Å². The molecule has 1 heterocycles. The third kappa shape index (κ3) is 4.72. The molecule has 2 aromatic carbocycles. The van der Waals surface area contributed by atoms with Crippen LogP contribution in [-0.2, 0) is 20.9 Å². The van der Waals surface area contributed by atoms with Crippen molar-refractivity contribution in [3.63, 3.8) is 0 Å². The predicted molar refractivity (Wildman–Crippen MR) is 133 cm³/mol. The van der Waals surface area contributed by atoms with E-state index >= 15 is 0 Å². The number of ketones is 1. The summed E-state index contributed by atoms with van der Waals surface area (Å²) in [5.41, 5.74) is 4.20. The number of carbonyl (C=O) groups excluding carboxylic acids is 2. The molecule has 0 saturated carbocycles. The third-order valence-corrected chi connectivity index (χ3v) is 6.88. The van der Waals surface area contributed by atoms with Crippen LogP contribution in [0.5, 0.6) is 11.5 Å². The lowest BCUT2D eigenvalue weighted by atomic mass is 9.75. The Labute approximate surface area is 212 Å². The molecule has 1 atom stereocenters. The van der Waals surface area contributed by atoms with Gasteiger partial charge in [0.2, 0.25) is 0 Å². The number of methoxy groups -OCH3 is 2. The van der Waals surface area contributed by atoms with Crippen molar-refractivity contribution >= 4 is 39.3 Å². The number of hydrogen-bond donors (Lipinski definition) is 1. The predicted octanol–water partition coefficient (Wildman–Crippen LogP) is 5.83. The summed E-state index contributed by atoms with van der Waals surface area (Å²) in [5.74, 6) is 0.226. The minimum atomic E-state index is -0.530. The van der Waals surface area contributed by atoms with Gasteiger partial charge in [0, 0.05) is 39.3 Å². The van der Waals surface area contributed by atoms with E-state index in [0.29, 0.717) is 39.8 Å². The SMILES string of the molecule is COC(=O)C1=C(C)NC2=C(C(=O)CCC2)[C@H]1c1ccc(OC)c(COc2ccc(Br)cc2Cl)c1. The fourth-order valence-corrected chi connectivity index (χ4v) is 5.26. The number of allylic oxidation sites excluding steroid dienone is 3. The summed E-state index contributed by atoms with van der Waals surface area (Å²) >= 11 is 9.70. The molecule has 0 amide bonds. The average molecular weight is 547 g/mol. The summed E-state index contributed by atoms with van der Waals surface area (Å²) in [6.45, 7) is 2.03. The highest BCUT2D eigenvalue weighted by Crippen LogP contribution is 2.43. The normalized spacial score (nSPS) is 17.8. The quantitative estimate of drug-likeness (QED) is 0.460.